The summed E-state index contributed by atoms with van der Waals surface area (Å²) in [7, 11) is -3.91. The van der Waals surface area contributed by atoms with E-state index >= 15 is 0 Å². The molecule has 0 aliphatic carbocycles. The fourth-order valence-corrected chi connectivity index (χ4v) is 2.67. The molecule has 0 radical (unpaired) electrons. The zero-order valence-electron chi connectivity index (χ0n) is 13.4. The highest BCUT2D eigenvalue weighted by Gasteiger charge is 2.33. The van der Waals surface area contributed by atoms with Gasteiger partial charge in [-0.1, -0.05) is 0 Å². The SMILES string of the molecule is CCS(=O)(=O)Nc1cc(-n2c(=O)cc(C(F)(F)F)[nH]c2=O)c(F)cc1C#N. The Balaban J connectivity index is 2.76. The largest absolute Gasteiger partial charge is 0.431 e. The third kappa shape index (κ3) is 4.17. The number of sulfonamides is 1. The summed E-state index contributed by atoms with van der Waals surface area (Å²) in [6, 6.07) is 2.80. The Morgan fingerprint density at radius 2 is 1.89 bits per heavy atom. The fourth-order valence-electron chi connectivity index (χ4n) is 2.03. The van der Waals surface area contributed by atoms with E-state index in [2.05, 4.69) is 0 Å². The molecular weight excluding hydrogens is 396 g/mol. The molecule has 2 aromatic rings. The number of alkyl halides is 3. The Morgan fingerprint density at radius 3 is 2.37 bits per heavy atom. The maximum absolute atomic E-state index is 14.2. The molecule has 0 atom stereocenters. The second-order valence-corrected chi connectivity index (χ2v) is 7.14. The quantitative estimate of drug-likeness (QED) is 0.741. The molecule has 144 valence electrons. The van der Waals surface area contributed by atoms with E-state index in [1.807, 2.05) is 4.72 Å². The van der Waals surface area contributed by atoms with Gasteiger partial charge in [-0.15, -0.1) is 0 Å². The first-order valence-corrected chi connectivity index (χ1v) is 8.73. The molecule has 0 saturated carbocycles. The highest BCUT2D eigenvalue weighted by atomic mass is 32.2. The van der Waals surface area contributed by atoms with Gasteiger partial charge in [-0.2, -0.15) is 18.4 Å². The molecule has 0 unspecified atom stereocenters. The van der Waals surface area contributed by atoms with Crippen LogP contribution in [0.4, 0.5) is 23.2 Å². The Hall–Kier alpha value is -3.14. The van der Waals surface area contributed by atoms with Crippen LogP contribution in [0.3, 0.4) is 0 Å². The summed E-state index contributed by atoms with van der Waals surface area (Å²) in [4.78, 5) is 25.2. The number of rotatable bonds is 4. The van der Waals surface area contributed by atoms with Gasteiger partial charge in [0.05, 0.1) is 22.7 Å². The van der Waals surface area contributed by atoms with E-state index < -0.39 is 61.7 Å². The molecule has 13 heteroatoms. The molecule has 1 heterocycles. The Labute approximate surface area is 148 Å². The van der Waals surface area contributed by atoms with Crippen LogP contribution in [0.2, 0.25) is 0 Å². The fraction of sp³-hybridized carbons (Fsp3) is 0.214. The lowest BCUT2D eigenvalue weighted by molar-refractivity contribution is -0.141. The third-order valence-corrected chi connectivity index (χ3v) is 4.62. The van der Waals surface area contributed by atoms with Crippen molar-refractivity contribution < 1.29 is 26.0 Å². The van der Waals surface area contributed by atoms with Crippen molar-refractivity contribution in [1.82, 2.24) is 9.55 Å². The summed E-state index contributed by atoms with van der Waals surface area (Å²) in [6.07, 6.45) is -5.01. The number of aromatic nitrogens is 2. The lowest BCUT2D eigenvalue weighted by Crippen LogP contribution is -2.36. The van der Waals surface area contributed by atoms with Crippen LogP contribution in [0, 0.1) is 17.1 Å². The first kappa shape index (κ1) is 20.2. The summed E-state index contributed by atoms with van der Waals surface area (Å²) in [6.45, 7) is 1.28. The maximum Gasteiger partial charge on any atom is 0.431 e. The van der Waals surface area contributed by atoms with E-state index in [0.29, 0.717) is 12.1 Å². The number of aromatic amines is 1. The van der Waals surface area contributed by atoms with Crippen molar-refractivity contribution in [3.8, 4) is 11.8 Å². The molecule has 2 N–H and O–H groups in total. The first-order chi connectivity index (χ1) is 12.4. The summed E-state index contributed by atoms with van der Waals surface area (Å²) >= 11 is 0. The van der Waals surface area contributed by atoms with Crippen LogP contribution in [-0.2, 0) is 16.2 Å². The summed E-state index contributed by atoms with van der Waals surface area (Å²) in [5.41, 5.74) is -6.45. The summed E-state index contributed by atoms with van der Waals surface area (Å²) < 4.78 is 77.6. The lowest BCUT2D eigenvalue weighted by atomic mass is 10.1. The highest BCUT2D eigenvalue weighted by Crippen LogP contribution is 2.26. The van der Waals surface area contributed by atoms with Gasteiger partial charge >= 0.3 is 11.9 Å². The van der Waals surface area contributed by atoms with Gasteiger partial charge in [0.1, 0.15) is 17.6 Å². The smallest absolute Gasteiger partial charge is 0.303 e. The Kier molecular flexibility index (Phi) is 5.14. The molecule has 1 aromatic carbocycles. The minimum atomic E-state index is -5.01. The molecular formula is C14H10F4N4O4S. The van der Waals surface area contributed by atoms with Crippen LogP contribution in [0.5, 0.6) is 0 Å². The van der Waals surface area contributed by atoms with Crippen LogP contribution in [-0.4, -0.2) is 23.7 Å². The van der Waals surface area contributed by atoms with Gasteiger partial charge in [0, 0.05) is 6.07 Å². The number of anilines is 1. The first-order valence-electron chi connectivity index (χ1n) is 7.07. The van der Waals surface area contributed by atoms with Gasteiger partial charge in [-0.25, -0.2) is 22.2 Å². The van der Waals surface area contributed by atoms with E-state index in [0.717, 1.165) is 0 Å². The van der Waals surface area contributed by atoms with Crippen LogP contribution in [0.15, 0.2) is 27.8 Å². The van der Waals surface area contributed by atoms with E-state index in [9.17, 15) is 35.6 Å². The predicted molar refractivity (Wildman–Crippen MR) is 85.4 cm³/mol. The van der Waals surface area contributed by atoms with Gasteiger partial charge in [0.25, 0.3) is 5.56 Å². The van der Waals surface area contributed by atoms with E-state index in [-0.39, 0.29) is 10.6 Å². The maximum atomic E-state index is 14.2. The number of nitrogens with one attached hydrogen (secondary N) is 2. The van der Waals surface area contributed by atoms with Crippen LogP contribution >= 0.6 is 0 Å². The zero-order chi connectivity index (χ0) is 20.6. The van der Waals surface area contributed by atoms with Crippen LogP contribution in [0.25, 0.3) is 5.69 Å². The molecule has 1 aromatic heterocycles. The molecule has 0 aliphatic rings. The van der Waals surface area contributed by atoms with Gasteiger partial charge in [-0.05, 0) is 19.1 Å². The minimum Gasteiger partial charge on any atom is -0.303 e. The van der Waals surface area contributed by atoms with Gasteiger partial charge in [0.2, 0.25) is 10.0 Å². The topological polar surface area (TPSA) is 125 Å². The number of nitrogens with zero attached hydrogens (tertiary/aromatic N) is 2. The second kappa shape index (κ2) is 6.88. The second-order valence-electron chi connectivity index (χ2n) is 5.13. The van der Waals surface area contributed by atoms with Crippen LogP contribution in [0.1, 0.15) is 18.2 Å². The zero-order valence-corrected chi connectivity index (χ0v) is 14.2. The molecule has 0 spiro atoms. The monoisotopic (exact) mass is 406 g/mol. The molecule has 2 rings (SSSR count). The lowest BCUT2D eigenvalue weighted by Gasteiger charge is -2.13. The van der Waals surface area contributed by atoms with Crippen LogP contribution < -0.4 is 16.0 Å². The summed E-state index contributed by atoms with van der Waals surface area (Å²) in [5, 5.41) is 9.00. The Morgan fingerprint density at radius 1 is 1.26 bits per heavy atom. The van der Waals surface area contributed by atoms with Gasteiger partial charge < -0.3 is 4.98 Å². The third-order valence-electron chi connectivity index (χ3n) is 3.33. The van der Waals surface area contributed by atoms with E-state index in [4.69, 9.17) is 5.26 Å². The Bertz CT molecular complexity index is 1130. The van der Waals surface area contributed by atoms with Crippen molar-refractivity contribution in [2.24, 2.45) is 0 Å². The van der Waals surface area contributed by atoms with E-state index in [1.165, 1.54) is 18.0 Å². The van der Waals surface area contributed by atoms with E-state index in [1.54, 1.807) is 0 Å². The summed E-state index contributed by atoms with van der Waals surface area (Å²) in [5.74, 6) is -1.69. The molecule has 0 amide bonds. The molecule has 0 aliphatic heterocycles. The molecule has 0 fully saturated rings. The number of benzene rings is 1. The molecule has 8 nitrogen and oxygen atoms in total. The number of hydrogen-bond acceptors (Lipinski definition) is 5. The normalized spacial score (nSPS) is 11.9. The average molecular weight is 406 g/mol. The van der Waals surface area contributed by atoms with Crippen molar-refractivity contribution in [2.75, 3.05) is 10.5 Å². The van der Waals surface area contributed by atoms with Crippen molar-refractivity contribution in [3.63, 3.8) is 0 Å². The number of hydrogen-bond donors (Lipinski definition) is 2. The minimum absolute atomic E-state index is 0.0505. The molecule has 0 bridgehead atoms. The van der Waals surface area contributed by atoms with Gasteiger partial charge in [-0.3, -0.25) is 9.52 Å². The van der Waals surface area contributed by atoms with Gasteiger partial charge in [0.15, 0.2) is 0 Å². The number of halogens is 4. The average Bonchev–Trinajstić information content (AvgIpc) is 2.55. The molecule has 27 heavy (non-hydrogen) atoms. The van der Waals surface area contributed by atoms with Crippen molar-refractivity contribution >= 4 is 15.7 Å². The highest BCUT2D eigenvalue weighted by molar-refractivity contribution is 7.92. The van der Waals surface area contributed by atoms with Crippen molar-refractivity contribution in [3.05, 3.63) is 56.1 Å². The molecule has 0 saturated heterocycles. The van der Waals surface area contributed by atoms with Crippen molar-refractivity contribution in [1.29, 1.82) is 5.26 Å². The number of H-pyrrole nitrogens is 1. The predicted octanol–water partition coefficient (Wildman–Crippen LogP) is 1.32. The number of nitriles is 1. The van der Waals surface area contributed by atoms with Crippen molar-refractivity contribution in [2.45, 2.75) is 13.1 Å². The standard InChI is InChI=1S/C14H10F4N4O4S/c1-2-27(25,26)21-9-4-10(8(15)3-7(9)6-19)22-12(23)5-11(14(16,17)18)20-13(22)24/h3-5,21H,2H2,1H3,(H,20,24).